The predicted octanol–water partition coefficient (Wildman–Crippen LogP) is 1.75. The summed E-state index contributed by atoms with van der Waals surface area (Å²) in [6.45, 7) is 1.89. The lowest BCUT2D eigenvalue weighted by atomic mass is 10.2. The average Bonchev–Trinajstić information content (AvgIpc) is 2.99. The lowest BCUT2D eigenvalue weighted by Crippen LogP contribution is -2.34. The number of anilines is 1. The first-order chi connectivity index (χ1) is 11.6. The number of rotatable bonds is 5. The molecule has 0 spiro atoms. The third kappa shape index (κ3) is 3.78. The number of amides is 1. The van der Waals surface area contributed by atoms with Crippen LogP contribution in [0, 0.1) is 12.7 Å². The first kappa shape index (κ1) is 15.7. The second kappa shape index (κ2) is 6.95. The number of aryl methyl sites for hydroxylation is 1. The highest BCUT2D eigenvalue weighted by Crippen LogP contribution is 2.18. The summed E-state index contributed by atoms with van der Waals surface area (Å²) in [6, 6.07) is 11.2. The van der Waals surface area contributed by atoms with Gasteiger partial charge in [-0.05, 0) is 48.5 Å². The van der Waals surface area contributed by atoms with E-state index in [-0.39, 0.29) is 24.8 Å². The highest BCUT2D eigenvalue weighted by atomic mass is 19.1. The zero-order valence-corrected chi connectivity index (χ0v) is 13.0. The Morgan fingerprint density at radius 2 is 2.00 bits per heavy atom. The van der Waals surface area contributed by atoms with E-state index in [9.17, 15) is 9.18 Å². The van der Waals surface area contributed by atoms with Crippen molar-refractivity contribution in [1.29, 1.82) is 0 Å². The highest BCUT2D eigenvalue weighted by molar-refractivity contribution is 5.92. The first-order valence-electron chi connectivity index (χ1n) is 7.32. The number of aromatic nitrogens is 5. The summed E-state index contributed by atoms with van der Waals surface area (Å²) in [6.07, 6.45) is 1.66. The molecule has 0 aliphatic carbocycles. The molecule has 0 aliphatic heterocycles. The molecular weight excluding hydrogens is 311 g/mol. The lowest BCUT2D eigenvalue weighted by Gasteiger charge is -2.22. The standard InChI is InChI=1S/C16H15FN6O/c1-12-19-21-23(20-12)11-16(24)22(10-14-4-2-3-9-18-14)15-7-5-13(17)6-8-15/h2-9H,10-11H2,1H3. The van der Waals surface area contributed by atoms with Crippen molar-refractivity contribution in [3.63, 3.8) is 0 Å². The Morgan fingerprint density at radius 3 is 2.62 bits per heavy atom. The Morgan fingerprint density at radius 1 is 1.21 bits per heavy atom. The van der Waals surface area contributed by atoms with Gasteiger partial charge in [0.05, 0.1) is 12.2 Å². The molecule has 0 N–H and O–H groups in total. The van der Waals surface area contributed by atoms with E-state index in [4.69, 9.17) is 0 Å². The van der Waals surface area contributed by atoms with Crippen molar-refractivity contribution in [2.45, 2.75) is 20.0 Å². The molecule has 122 valence electrons. The van der Waals surface area contributed by atoms with E-state index in [0.717, 1.165) is 5.69 Å². The van der Waals surface area contributed by atoms with Gasteiger partial charge in [-0.2, -0.15) is 4.80 Å². The molecule has 1 amide bonds. The molecule has 0 unspecified atom stereocenters. The van der Waals surface area contributed by atoms with Crippen LogP contribution in [0.1, 0.15) is 11.5 Å². The summed E-state index contributed by atoms with van der Waals surface area (Å²) >= 11 is 0. The van der Waals surface area contributed by atoms with Crippen LogP contribution in [-0.4, -0.2) is 31.1 Å². The number of nitrogens with zero attached hydrogens (tertiary/aromatic N) is 6. The Bertz CT molecular complexity index is 818. The maximum absolute atomic E-state index is 13.2. The van der Waals surface area contributed by atoms with Crippen LogP contribution in [-0.2, 0) is 17.9 Å². The summed E-state index contributed by atoms with van der Waals surface area (Å²) in [5, 5.41) is 11.6. The zero-order chi connectivity index (χ0) is 16.9. The lowest BCUT2D eigenvalue weighted by molar-refractivity contribution is -0.119. The van der Waals surface area contributed by atoms with Crippen molar-refractivity contribution in [3.05, 3.63) is 66.0 Å². The van der Waals surface area contributed by atoms with Crippen molar-refractivity contribution in [3.8, 4) is 0 Å². The maximum Gasteiger partial charge on any atom is 0.251 e. The molecular formula is C16H15FN6O. The summed E-state index contributed by atoms with van der Waals surface area (Å²) in [4.78, 5) is 19.7. The molecule has 7 nitrogen and oxygen atoms in total. The molecule has 8 heteroatoms. The molecule has 2 heterocycles. The Balaban J connectivity index is 1.85. The van der Waals surface area contributed by atoms with Gasteiger partial charge < -0.3 is 4.90 Å². The molecule has 3 rings (SSSR count). The van der Waals surface area contributed by atoms with Crippen LogP contribution in [0.2, 0.25) is 0 Å². The number of benzene rings is 1. The second-order valence-electron chi connectivity index (χ2n) is 5.14. The van der Waals surface area contributed by atoms with Crippen LogP contribution in [0.5, 0.6) is 0 Å². The largest absolute Gasteiger partial charge is 0.305 e. The van der Waals surface area contributed by atoms with Crippen LogP contribution >= 0.6 is 0 Å². The zero-order valence-electron chi connectivity index (χ0n) is 13.0. The Kier molecular flexibility index (Phi) is 4.55. The topological polar surface area (TPSA) is 76.8 Å². The highest BCUT2D eigenvalue weighted by Gasteiger charge is 2.18. The summed E-state index contributed by atoms with van der Waals surface area (Å²) in [5.41, 5.74) is 1.29. The molecule has 0 radical (unpaired) electrons. The molecule has 1 aromatic carbocycles. The summed E-state index contributed by atoms with van der Waals surface area (Å²) in [5.74, 6) is -0.122. The smallest absolute Gasteiger partial charge is 0.251 e. The number of pyridine rings is 1. The van der Waals surface area contributed by atoms with Gasteiger partial charge in [-0.25, -0.2) is 4.39 Å². The fourth-order valence-corrected chi connectivity index (χ4v) is 2.19. The summed E-state index contributed by atoms with van der Waals surface area (Å²) in [7, 11) is 0. The van der Waals surface area contributed by atoms with Crippen LogP contribution in [0.25, 0.3) is 0 Å². The van der Waals surface area contributed by atoms with Gasteiger partial charge in [0.25, 0.3) is 5.91 Å². The molecule has 0 saturated carbocycles. The van der Waals surface area contributed by atoms with Gasteiger partial charge in [-0.1, -0.05) is 6.07 Å². The van der Waals surface area contributed by atoms with Crippen molar-refractivity contribution >= 4 is 11.6 Å². The van der Waals surface area contributed by atoms with Crippen LogP contribution < -0.4 is 4.90 Å². The number of carbonyl (C=O) groups is 1. The SMILES string of the molecule is Cc1nnn(CC(=O)N(Cc2ccccn2)c2ccc(F)cc2)n1. The van der Waals surface area contributed by atoms with E-state index in [2.05, 4.69) is 20.4 Å². The number of halogens is 1. The number of hydrogen-bond donors (Lipinski definition) is 0. The molecule has 24 heavy (non-hydrogen) atoms. The predicted molar refractivity (Wildman–Crippen MR) is 84.4 cm³/mol. The van der Waals surface area contributed by atoms with Crippen molar-refractivity contribution in [1.82, 2.24) is 25.2 Å². The quantitative estimate of drug-likeness (QED) is 0.714. The van der Waals surface area contributed by atoms with Crippen LogP contribution in [0.4, 0.5) is 10.1 Å². The Hall–Kier alpha value is -3.16. The van der Waals surface area contributed by atoms with Gasteiger partial charge in [0, 0.05) is 11.9 Å². The van der Waals surface area contributed by atoms with E-state index in [1.54, 1.807) is 31.3 Å². The minimum absolute atomic E-state index is 0.0644. The van der Waals surface area contributed by atoms with Crippen molar-refractivity contribution in [2.24, 2.45) is 0 Å². The van der Waals surface area contributed by atoms with Gasteiger partial charge in [0.1, 0.15) is 12.4 Å². The van der Waals surface area contributed by atoms with E-state index >= 15 is 0 Å². The number of hydrogen-bond acceptors (Lipinski definition) is 5. The van der Waals surface area contributed by atoms with Crippen molar-refractivity contribution in [2.75, 3.05) is 4.90 Å². The first-order valence-corrected chi connectivity index (χ1v) is 7.32. The van der Waals surface area contributed by atoms with Gasteiger partial charge in [0.2, 0.25) is 0 Å². The minimum Gasteiger partial charge on any atom is -0.305 e. The third-order valence-corrected chi connectivity index (χ3v) is 3.32. The maximum atomic E-state index is 13.2. The molecule has 3 aromatic rings. The molecule has 0 saturated heterocycles. The van der Waals surface area contributed by atoms with Crippen LogP contribution in [0.3, 0.4) is 0 Å². The van der Waals surface area contributed by atoms with E-state index < -0.39 is 0 Å². The van der Waals surface area contributed by atoms with E-state index in [1.807, 2.05) is 12.1 Å². The molecule has 0 bridgehead atoms. The van der Waals surface area contributed by atoms with Gasteiger partial charge in [0.15, 0.2) is 5.82 Å². The molecule has 0 fully saturated rings. The number of tetrazole rings is 1. The Labute approximate surface area is 137 Å². The van der Waals surface area contributed by atoms with Gasteiger partial charge in [-0.3, -0.25) is 9.78 Å². The molecule has 2 aromatic heterocycles. The fraction of sp³-hybridized carbons (Fsp3) is 0.188. The second-order valence-corrected chi connectivity index (χ2v) is 5.14. The van der Waals surface area contributed by atoms with Crippen molar-refractivity contribution < 1.29 is 9.18 Å². The summed E-state index contributed by atoms with van der Waals surface area (Å²) < 4.78 is 13.2. The van der Waals surface area contributed by atoms with E-state index in [0.29, 0.717) is 11.5 Å². The number of carbonyl (C=O) groups excluding carboxylic acids is 1. The minimum atomic E-state index is -0.363. The van der Waals surface area contributed by atoms with Gasteiger partial charge >= 0.3 is 0 Å². The monoisotopic (exact) mass is 326 g/mol. The van der Waals surface area contributed by atoms with Gasteiger partial charge in [-0.15, -0.1) is 10.2 Å². The van der Waals surface area contributed by atoms with Crippen LogP contribution in [0.15, 0.2) is 48.7 Å². The fourth-order valence-electron chi connectivity index (χ4n) is 2.19. The molecule has 0 atom stereocenters. The van der Waals surface area contributed by atoms with E-state index in [1.165, 1.54) is 21.8 Å². The third-order valence-electron chi connectivity index (χ3n) is 3.32. The normalized spacial score (nSPS) is 10.6. The average molecular weight is 326 g/mol. The molecule has 0 aliphatic rings.